The van der Waals surface area contributed by atoms with Gasteiger partial charge >= 0.3 is 5.97 Å². The third kappa shape index (κ3) is 3.60. The number of methoxy groups -OCH3 is 2. The van der Waals surface area contributed by atoms with E-state index in [4.69, 9.17) is 14.3 Å². The van der Waals surface area contributed by atoms with Crippen LogP contribution in [-0.4, -0.2) is 55.2 Å². The Labute approximate surface area is 209 Å². The summed E-state index contributed by atoms with van der Waals surface area (Å²) < 4.78 is 42.0. The van der Waals surface area contributed by atoms with Crippen molar-refractivity contribution < 1.29 is 33.0 Å². The highest BCUT2D eigenvalue weighted by atomic mass is 19.1. The second-order valence-electron chi connectivity index (χ2n) is 9.26. The number of carbonyl (C=O) groups is 1. The molecular formula is C26H23F2N3O6. The van der Waals surface area contributed by atoms with E-state index in [1.165, 1.54) is 11.7 Å². The van der Waals surface area contributed by atoms with Crippen LogP contribution in [0.1, 0.15) is 28.4 Å². The summed E-state index contributed by atoms with van der Waals surface area (Å²) in [5, 5.41) is 9.33. The normalized spacial score (nSPS) is 22.3. The Morgan fingerprint density at radius 2 is 1.95 bits per heavy atom. The summed E-state index contributed by atoms with van der Waals surface area (Å²) in [4.78, 5) is 32.1. The molecule has 192 valence electrons. The van der Waals surface area contributed by atoms with Crippen molar-refractivity contribution in [2.45, 2.75) is 24.7 Å². The van der Waals surface area contributed by atoms with E-state index in [2.05, 4.69) is 5.48 Å². The van der Waals surface area contributed by atoms with Gasteiger partial charge in [-0.3, -0.25) is 15.1 Å². The highest BCUT2D eigenvalue weighted by molar-refractivity contribution is 5.97. The number of pyridine rings is 1. The maximum Gasteiger partial charge on any atom is 0.341 e. The molecule has 1 unspecified atom stereocenters. The first-order valence-electron chi connectivity index (χ1n) is 11.7. The fourth-order valence-corrected chi connectivity index (χ4v) is 5.18. The van der Waals surface area contributed by atoms with E-state index < -0.39 is 35.0 Å². The number of alkyl halides is 1. The molecule has 0 spiro atoms. The van der Waals surface area contributed by atoms with Gasteiger partial charge in [0.2, 0.25) is 5.43 Å². The summed E-state index contributed by atoms with van der Waals surface area (Å²) in [7, 11) is 2.93. The van der Waals surface area contributed by atoms with Gasteiger partial charge in [-0.2, -0.15) is 0 Å². The first-order valence-corrected chi connectivity index (χ1v) is 11.7. The zero-order valence-electron chi connectivity index (χ0n) is 20.0. The molecular weight excluding hydrogens is 488 g/mol. The highest BCUT2D eigenvalue weighted by Gasteiger charge is 2.42. The molecule has 6 rings (SSSR count). The van der Waals surface area contributed by atoms with Gasteiger partial charge in [-0.05, 0) is 30.3 Å². The number of hydrogen-bond acceptors (Lipinski definition) is 7. The number of nitrogens with one attached hydrogen (secondary N) is 1. The molecule has 1 saturated carbocycles. The number of hydroxylamine groups is 1. The Morgan fingerprint density at radius 3 is 2.57 bits per heavy atom. The predicted octanol–water partition coefficient (Wildman–Crippen LogP) is 3.27. The van der Waals surface area contributed by atoms with E-state index >= 15 is 4.39 Å². The molecule has 1 saturated heterocycles. The van der Waals surface area contributed by atoms with Crippen LogP contribution in [0.3, 0.4) is 0 Å². The van der Waals surface area contributed by atoms with Crippen molar-refractivity contribution in [3.05, 3.63) is 69.3 Å². The SMILES string of the molecule is COc1ccc(C2=C3CN(c4c(F)cc5c(=O)c(C(=O)O)cn([C@@H]6C[C@@H]6F)c5c4OC)CC3ON2)cc1. The molecule has 1 aliphatic carbocycles. The Hall–Kier alpha value is -4.12. The number of aromatic nitrogens is 1. The molecule has 2 aliphatic heterocycles. The van der Waals surface area contributed by atoms with E-state index in [0.29, 0.717) is 18.8 Å². The minimum Gasteiger partial charge on any atom is -0.497 e. The second-order valence-corrected chi connectivity index (χ2v) is 9.26. The summed E-state index contributed by atoms with van der Waals surface area (Å²) >= 11 is 0. The quantitative estimate of drug-likeness (QED) is 0.520. The molecule has 0 bridgehead atoms. The molecule has 3 aliphatic rings. The van der Waals surface area contributed by atoms with E-state index in [-0.39, 0.29) is 34.9 Å². The van der Waals surface area contributed by atoms with Gasteiger partial charge in [0.15, 0.2) is 11.6 Å². The van der Waals surface area contributed by atoms with E-state index in [9.17, 15) is 19.1 Å². The lowest BCUT2D eigenvalue weighted by atomic mass is 10.1. The van der Waals surface area contributed by atoms with E-state index in [1.807, 2.05) is 24.3 Å². The molecule has 3 heterocycles. The number of rotatable bonds is 6. The Kier molecular flexibility index (Phi) is 5.34. The molecule has 1 aromatic heterocycles. The highest BCUT2D eigenvalue weighted by Crippen LogP contribution is 2.46. The zero-order valence-corrected chi connectivity index (χ0v) is 20.0. The van der Waals surface area contributed by atoms with Gasteiger partial charge in [0, 0.05) is 30.3 Å². The second kappa shape index (κ2) is 8.48. The molecule has 0 radical (unpaired) electrons. The first kappa shape index (κ1) is 23.3. The maximum atomic E-state index is 15.7. The fourth-order valence-electron chi connectivity index (χ4n) is 5.18. The number of benzene rings is 2. The zero-order chi connectivity index (χ0) is 26.0. The standard InChI is InChI=1S/C26H23F2N3O6/c1-35-13-5-3-12(4-6-13)21-15-9-30(11-20(15)37-29-21)23-18(28)7-14-22(25(23)36-2)31(19-8-17(19)27)10-16(24(14)32)26(33)34/h3-7,10,17,19-20,29H,8-9,11H2,1-2H3,(H,33,34)/t17-,19+,20?/m0/s1. The lowest BCUT2D eigenvalue weighted by molar-refractivity contribution is 0.0578. The maximum absolute atomic E-state index is 15.7. The molecule has 2 aromatic carbocycles. The van der Waals surface area contributed by atoms with Gasteiger partial charge < -0.3 is 24.0 Å². The number of ether oxygens (including phenoxy) is 2. The lowest BCUT2D eigenvalue weighted by Gasteiger charge is -2.25. The van der Waals surface area contributed by atoms with Crippen molar-refractivity contribution in [3.63, 3.8) is 0 Å². The Bertz CT molecular complexity index is 1530. The minimum absolute atomic E-state index is 0.0441. The van der Waals surface area contributed by atoms with Crippen LogP contribution in [0.15, 0.2) is 46.9 Å². The smallest absolute Gasteiger partial charge is 0.341 e. The van der Waals surface area contributed by atoms with Crippen molar-refractivity contribution in [1.82, 2.24) is 10.0 Å². The van der Waals surface area contributed by atoms with E-state index in [1.54, 1.807) is 12.0 Å². The third-order valence-corrected chi connectivity index (χ3v) is 7.13. The number of carboxylic acids is 1. The Morgan fingerprint density at radius 1 is 1.22 bits per heavy atom. The van der Waals surface area contributed by atoms with Crippen LogP contribution in [0.5, 0.6) is 11.5 Å². The summed E-state index contributed by atoms with van der Waals surface area (Å²) in [6, 6.07) is 7.79. The molecule has 37 heavy (non-hydrogen) atoms. The van der Waals surface area contributed by atoms with Crippen LogP contribution in [0.4, 0.5) is 14.5 Å². The van der Waals surface area contributed by atoms with Crippen molar-refractivity contribution in [1.29, 1.82) is 0 Å². The lowest BCUT2D eigenvalue weighted by Crippen LogP contribution is -2.27. The van der Waals surface area contributed by atoms with Gasteiger partial charge in [0.1, 0.15) is 29.3 Å². The summed E-state index contributed by atoms with van der Waals surface area (Å²) in [5.41, 5.74) is 4.39. The number of anilines is 1. The summed E-state index contributed by atoms with van der Waals surface area (Å²) in [6.45, 7) is 0.609. The van der Waals surface area contributed by atoms with Crippen LogP contribution in [-0.2, 0) is 4.84 Å². The molecule has 11 heteroatoms. The van der Waals surface area contributed by atoms with Gasteiger partial charge in [-0.1, -0.05) is 0 Å². The van der Waals surface area contributed by atoms with E-state index in [0.717, 1.165) is 29.1 Å². The topological polar surface area (TPSA) is 102 Å². The molecule has 3 atom stereocenters. The van der Waals surface area contributed by atoms with Crippen molar-refractivity contribution >= 4 is 28.3 Å². The van der Waals surface area contributed by atoms with Crippen LogP contribution in [0, 0.1) is 5.82 Å². The van der Waals surface area contributed by atoms with Crippen LogP contribution < -0.4 is 25.3 Å². The summed E-state index contributed by atoms with van der Waals surface area (Å²) in [6.07, 6.45) is -0.270. The Balaban J connectivity index is 1.48. The van der Waals surface area contributed by atoms with Crippen molar-refractivity contribution in [2.75, 3.05) is 32.2 Å². The molecule has 2 N–H and O–H groups in total. The molecule has 2 fully saturated rings. The van der Waals surface area contributed by atoms with Crippen LogP contribution >= 0.6 is 0 Å². The third-order valence-electron chi connectivity index (χ3n) is 7.13. The first-order chi connectivity index (χ1) is 17.8. The number of aromatic carboxylic acids is 1. The summed E-state index contributed by atoms with van der Waals surface area (Å²) in [5.74, 6) is -1.45. The number of fused-ring (bicyclic) bond motifs is 2. The fraction of sp³-hybridized carbons (Fsp3) is 0.308. The van der Waals surface area contributed by atoms with Gasteiger partial charge in [0.25, 0.3) is 0 Å². The number of halogens is 2. The van der Waals surface area contributed by atoms with Crippen molar-refractivity contribution in [3.8, 4) is 11.5 Å². The average Bonchev–Trinajstić information content (AvgIpc) is 3.28. The molecule has 9 nitrogen and oxygen atoms in total. The minimum atomic E-state index is -1.46. The molecule has 0 amide bonds. The average molecular weight is 511 g/mol. The van der Waals surface area contributed by atoms with Gasteiger partial charge in [0.05, 0.1) is 43.4 Å². The predicted molar refractivity (Wildman–Crippen MR) is 130 cm³/mol. The monoisotopic (exact) mass is 511 g/mol. The van der Waals surface area contributed by atoms with Gasteiger partial charge in [-0.25, -0.2) is 13.6 Å². The van der Waals surface area contributed by atoms with Crippen LogP contribution in [0.2, 0.25) is 0 Å². The number of hydrogen-bond donors (Lipinski definition) is 2. The number of carboxylic acid groups (broad SMARTS) is 1. The van der Waals surface area contributed by atoms with Crippen LogP contribution in [0.25, 0.3) is 16.6 Å². The van der Waals surface area contributed by atoms with Crippen molar-refractivity contribution in [2.24, 2.45) is 0 Å². The van der Waals surface area contributed by atoms with Gasteiger partial charge in [-0.15, -0.1) is 0 Å². The largest absolute Gasteiger partial charge is 0.497 e. The molecule has 3 aromatic rings. The number of nitrogens with zero attached hydrogens (tertiary/aromatic N) is 2.